The molecule has 128 valence electrons. The highest BCUT2D eigenvalue weighted by Gasteiger charge is 2.26. The molecule has 25 heavy (non-hydrogen) atoms. The van der Waals surface area contributed by atoms with Gasteiger partial charge in [-0.2, -0.15) is 5.10 Å². The van der Waals surface area contributed by atoms with Crippen LogP contribution in [0, 0.1) is 18.2 Å². The van der Waals surface area contributed by atoms with Gasteiger partial charge in [-0.15, -0.1) is 11.3 Å². The summed E-state index contributed by atoms with van der Waals surface area (Å²) in [6.07, 6.45) is 2.25. The number of nitriles is 1. The fourth-order valence-electron chi connectivity index (χ4n) is 2.56. The van der Waals surface area contributed by atoms with E-state index >= 15 is 0 Å². The third-order valence-electron chi connectivity index (χ3n) is 3.77. The Morgan fingerprint density at radius 1 is 1.36 bits per heavy atom. The molecule has 0 saturated heterocycles. The number of aromatic nitrogens is 3. The van der Waals surface area contributed by atoms with E-state index in [4.69, 9.17) is 0 Å². The van der Waals surface area contributed by atoms with Crippen LogP contribution >= 0.6 is 11.3 Å². The second kappa shape index (κ2) is 8.08. The van der Waals surface area contributed by atoms with E-state index in [2.05, 4.69) is 16.1 Å². The molecule has 0 N–H and O–H groups in total. The summed E-state index contributed by atoms with van der Waals surface area (Å²) >= 11 is 1.64. The normalized spacial score (nSPS) is 10.3. The molecule has 3 aromatic rings. The zero-order chi connectivity index (χ0) is 18.6. The molecule has 7 heteroatoms. The van der Waals surface area contributed by atoms with Gasteiger partial charge in [-0.1, -0.05) is 27.7 Å². The van der Waals surface area contributed by atoms with Crippen molar-refractivity contribution in [2.75, 3.05) is 0 Å². The Labute approximate surface area is 152 Å². The van der Waals surface area contributed by atoms with Gasteiger partial charge in [-0.3, -0.25) is 4.79 Å². The highest BCUT2D eigenvalue weighted by Crippen LogP contribution is 2.26. The summed E-state index contributed by atoms with van der Waals surface area (Å²) in [6.45, 7) is 9.72. The lowest BCUT2D eigenvalue weighted by atomic mass is 9.41. The molecule has 0 aromatic carbocycles. The standard InChI is InChI=1S/C16H15BN4OS.C2H6/c1-10(2)17(9-18)15-6-13(14-5-4-11(3)23-14)20-16-12(8-22)7-19-21(15)16;1-2/h4-8,10H,1-3H3;1-2H3. The van der Waals surface area contributed by atoms with Crippen molar-refractivity contribution < 1.29 is 4.79 Å². The van der Waals surface area contributed by atoms with E-state index in [1.165, 1.54) is 11.1 Å². The van der Waals surface area contributed by atoms with Gasteiger partial charge >= 0.3 is 6.71 Å². The SMILES string of the molecule is CC.Cc1ccc(-c2cc(B(C#N)C(C)C)n3ncc(C=O)c3n2)s1. The Bertz CT molecular complexity index is 923. The molecule has 3 heterocycles. The van der Waals surface area contributed by atoms with Gasteiger partial charge < -0.3 is 0 Å². The fourth-order valence-corrected chi connectivity index (χ4v) is 3.39. The Kier molecular flexibility index (Phi) is 6.10. The van der Waals surface area contributed by atoms with Crippen molar-refractivity contribution in [2.45, 2.75) is 40.4 Å². The van der Waals surface area contributed by atoms with E-state index in [0.717, 1.165) is 22.5 Å². The molecule has 0 amide bonds. The number of carbonyl (C=O) groups excluding carboxylic acids is 1. The average molecular weight is 352 g/mol. The third kappa shape index (κ3) is 3.64. The average Bonchev–Trinajstić information content (AvgIpc) is 3.22. The predicted octanol–water partition coefficient (Wildman–Crippen LogP) is 3.78. The van der Waals surface area contributed by atoms with Crippen LogP contribution in [0.25, 0.3) is 16.2 Å². The summed E-state index contributed by atoms with van der Waals surface area (Å²) in [6, 6.07) is 5.96. The van der Waals surface area contributed by atoms with Crippen LogP contribution in [0.15, 0.2) is 24.4 Å². The number of thiophene rings is 1. The largest absolute Gasteiger partial charge is 0.324 e. The molecule has 0 aliphatic heterocycles. The van der Waals surface area contributed by atoms with E-state index in [1.807, 2.05) is 52.8 Å². The quantitative estimate of drug-likeness (QED) is 0.529. The molecule has 0 saturated carbocycles. The second-order valence-corrected chi connectivity index (χ2v) is 7.07. The van der Waals surface area contributed by atoms with Crippen LogP contribution in [0.2, 0.25) is 5.82 Å². The maximum absolute atomic E-state index is 11.3. The van der Waals surface area contributed by atoms with Crippen LogP contribution < -0.4 is 5.59 Å². The van der Waals surface area contributed by atoms with Gasteiger partial charge in [0.05, 0.1) is 22.3 Å². The molecular formula is C18H21BN4OS. The molecule has 0 fully saturated rings. The van der Waals surface area contributed by atoms with Crippen LogP contribution in [-0.2, 0) is 0 Å². The molecule has 5 nitrogen and oxygen atoms in total. The molecule has 0 aliphatic rings. The van der Waals surface area contributed by atoms with Gasteiger partial charge in [0.25, 0.3) is 0 Å². The molecule has 3 rings (SSSR count). The molecule has 0 bridgehead atoms. The number of aldehydes is 1. The van der Waals surface area contributed by atoms with Gasteiger partial charge in [0.15, 0.2) is 11.9 Å². The zero-order valence-corrected chi connectivity index (χ0v) is 16.0. The van der Waals surface area contributed by atoms with E-state index in [1.54, 1.807) is 15.9 Å². The first-order valence-electron chi connectivity index (χ1n) is 8.35. The van der Waals surface area contributed by atoms with Crippen molar-refractivity contribution in [1.29, 1.82) is 5.26 Å². The van der Waals surface area contributed by atoms with Crippen molar-refractivity contribution in [3.05, 3.63) is 34.8 Å². The smallest absolute Gasteiger partial charge is 0.298 e. The monoisotopic (exact) mass is 352 g/mol. The Morgan fingerprint density at radius 2 is 2.08 bits per heavy atom. The topological polar surface area (TPSA) is 71.1 Å². The van der Waals surface area contributed by atoms with Crippen LogP contribution in [0.3, 0.4) is 0 Å². The maximum atomic E-state index is 11.3. The highest BCUT2D eigenvalue weighted by molar-refractivity contribution is 7.15. The molecule has 0 unspecified atom stereocenters. The van der Waals surface area contributed by atoms with Crippen LogP contribution in [0.4, 0.5) is 0 Å². The number of carbonyl (C=O) groups is 1. The molecular weight excluding hydrogens is 331 g/mol. The molecule has 0 atom stereocenters. The number of nitrogens with zero attached hydrogens (tertiary/aromatic N) is 4. The van der Waals surface area contributed by atoms with Crippen molar-refractivity contribution in [2.24, 2.45) is 0 Å². The third-order valence-corrected chi connectivity index (χ3v) is 4.79. The van der Waals surface area contributed by atoms with Gasteiger partial charge in [-0.05, 0) is 30.9 Å². The Morgan fingerprint density at radius 3 is 2.60 bits per heavy atom. The molecule has 0 aliphatic carbocycles. The van der Waals surface area contributed by atoms with E-state index < -0.39 is 0 Å². The van der Waals surface area contributed by atoms with Crippen molar-refractivity contribution >= 4 is 35.6 Å². The number of rotatable bonds is 4. The van der Waals surface area contributed by atoms with E-state index in [9.17, 15) is 10.1 Å². The van der Waals surface area contributed by atoms with Crippen LogP contribution in [-0.4, -0.2) is 27.6 Å². The maximum Gasteiger partial charge on any atom is 0.324 e. The fraction of sp³-hybridized carbons (Fsp3) is 0.333. The number of hydrogen-bond acceptors (Lipinski definition) is 5. The number of fused-ring (bicyclic) bond motifs is 1. The lowest BCUT2D eigenvalue weighted by Crippen LogP contribution is -2.37. The second-order valence-electron chi connectivity index (χ2n) is 5.78. The first-order valence-corrected chi connectivity index (χ1v) is 9.17. The lowest BCUT2D eigenvalue weighted by Gasteiger charge is -2.12. The Hall–Kier alpha value is -2.46. The Balaban J connectivity index is 0.00000109. The minimum Gasteiger partial charge on any atom is -0.298 e. The molecule has 3 aromatic heterocycles. The van der Waals surface area contributed by atoms with Gasteiger partial charge in [0.2, 0.25) is 0 Å². The number of aryl methyl sites for hydroxylation is 1. The first-order chi connectivity index (χ1) is 12.0. The van der Waals surface area contributed by atoms with Crippen molar-refractivity contribution in [3.8, 4) is 16.5 Å². The number of hydrogen-bond donors (Lipinski definition) is 0. The molecule has 0 spiro atoms. The van der Waals surface area contributed by atoms with Crippen LogP contribution in [0.1, 0.15) is 42.9 Å². The van der Waals surface area contributed by atoms with Crippen molar-refractivity contribution in [1.82, 2.24) is 14.6 Å². The minimum atomic E-state index is -0.320. The first kappa shape index (κ1) is 18.9. The summed E-state index contributed by atoms with van der Waals surface area (Å²) in [5.74, 6) is 2.48. The minimum absolute atomic E-state index is 0.132. The van der Waals surface area contributed by atoms with Crippen LogP contribution in [0.5, 0.6) is 0 Å². The van der Waals surface area contributed by atoms with Gasteiger partial charge in [0, 0.05) is 16.4 Å². The van der Waals surface area contributed by atoms with E-state index in [0.29, 0.717) is 11.2 Å². The van der Waals surface area contributed by atoms with Crippen molar-refractivity contribution in [3.63, 3.8) is 0 Å². The molecule has 0 radical (unpaired) electrons. The summed E-state index contributed by atoms with van der Waals surface area (Å²) in [7, 11) is 0. The zero-order valence-electron chi connectivity index (χ0n) is 15.1. The van der Waals surface area contributed by atoms with Gasteiger partial charge in [-0.25, -0.2) is 14.8 Å². The summed E-state index contributed by atoms with van der Waals surface area (Å²) in [5, 5.41) is 13.8. The summed E-state index contributed by atoms with van der Waals surface area (Å²) in [5.41, 5.74) is 2.47. The van der Waals surface area contributed by atoms with Gasteiger partial charge in [0.1, 0.15) is 0 Å². The predicted molar refractivity (Wildman–Crippen MR) is 104 cm³/mol. The highest BCUT2D eigenvalue weighted by atomic mass is 32.1. The lowest BCUT2D eigenvalue weighted by molar-refractivity contribution is 0.112. The summed E-state index contributed by atoms with van der Waals surface area (Å²) in [4.78, 5) is 18.1. The van der Waals surface area contributed by atoms with E-state index in [-0.39, 0.29) is 12.5 Å². The summed E-state index contributed by atoms with van der Waals surface area (Å²) < 4.78 is 1.61.